The fraction of sp³-hybridized carbons (Fsp3) is 0.462. The molecule has 0 saturated heterocycles. The van der Waals surface area contributed by atoms with Crippen LogP contribution in [0.2, 0.25) is 5.15 Å². The maximum atomic E-state index is 12.2. The lowest BCUT2D eigenvalue weighted by Gasteiger charge is -2.27. The lowest BCUT2D eigenvalue weighted by Crippen LogP contribution is -2.36. The summed E-state index contributed by atoms with van der Waals surface area (Å²) in [6, 6.07) is 3.17. The number of rotatable bonds is 3. The Bertz CT molecular complexity index is 493. The van der Waals surface area contributed by atoms with Gasteiger partial charge in [0, 0.05) is 11.9 Å². The number of carboxylic acid groups (broad SMARTS) is 1. The lowest BCUT2D eigenvalue weighted by atomic mass is 9.78. The molecular weight excluding hydrogens is 268 g/mol. The number of hydrogen-bond donors (Lipinski definition) is 2. The summed E-state index contributed by atoms with van der Waals surface area (Å²) in [6.45, 7) is 0. The zero-order chi connectivity index (χ0) is 13.8. The Hall–Kier alpha value is -1.62. The van der Waals surface area contributed by atoms with E-state index in [1.807, 2.05) is 0 Å². The van der Waals surface area contributed by atoms with Crippen molar-refractivity contribution in [3.8, 4) is 0 Å². The Morgan fingerprint density at radius 2 is 2.00 bits per heavy atom. The van der Waals surface area contributed by atoms with Crippen LogP contribution in [0.4, 0.5) is 5.69 Å². The van der Waals surface area contributed by atoms with Crippen molar-refractivity contribution in [2.75, 3.05) is 5.32 Å². The molecule has 102 valence electrons. The van der Waals surface area contributed by atoms with Crippen LogP contribution in [0.5, 0.6) is 0 Å². The third kappa shape index (κ3) is 3.44. The Labute approximate surface area is 116 Å². The molecule has 19 heavy (non-hydrogen) atoms. The summed E-state index contributed by atoms with van der Waals surface area (Å²) in [6.07, 6.45) is 4.42. The predicted molar refractivity (Wildman–Crippen MR) is 71.0 cm³/mol. The number of carbonyl (C=O) groups excluding carboxylic acids is 1. The van der Waals surface area contributed by atoms with Gasteiger partial charge < -0.3 is 10.4 Å². The molecule has 2 N–H and O–H groups in total. The zero-order valence-corrected chi connectivity index (χ0v) is 11.1. The van der Waals surface area contributed by atoms with Gasteiger partial charge in [0.25, 0.3) is 0 Å². The van der Waals surface area contributed by atoms with Gasteiger partial charge in [0.05, 0.1) is 11.8 Å². The van der Waals surface area contributed by atoms with E-state index in [-0.39, 0.29) is 11.1 Å². The number of carbonyl (C=O) groups is 2. The maximum Gasteiger partial charge on any atom is 0.307 e. The van der Waals surface area contributed by atoms with Gasteiger partial charge in [-0.15, -0.1) is 0 Å². The molecule has 1 aromatic rings. The molecule has 1 amide bonds. The van der Waals surface area contributed by atoms with E-state index in [4.69, 9.17) is 16.7 Å². The number of aliphatic carboxylic acids is 1. The molecule has 1 aliphatic rings. The van der Waals surface area contributed by atoms with E-state index < -0.39 is 17.8 Å². The van der Waals surface area contributed by atoms with Crippen LogP contribution in [0.1, 0.15) is 25.7 Å². The normalized spacial score (nSPS) is 22.8. The summed E-state index contributed by atoms with van der Waals surface area (Å²) in [5, 5.41) is 12.2. The molecule has 1 fully saturated rings. The molecule has 0 bridgehead atoms. The van der Waals surface area contributed by atoms with Crippen molar-refractivity contribution in [3.63, 3.8) is 0 Å². The second-order valence-corrected chi connectivity index (χ2v) is 5.08. The van der Waals surface area contributed by atoms with Crippen LogP contribution in [-0.2, 0) is 9.59 Å². The van der Waals surface area contributed by atoms with Crippen molar-refractivity contribution < 1.29 is 14.7 Å². The van der Waals surface area contributed by atoms with Crippen molar-refractivity contribution in [1.82, 2.24) is 4.98 Å². The molecule has 0 spiro atoms. The van der Waals surface area contributed by atoms with Crippen molar-refractivity contribution in [2.24, 2.45) is 11.8 Å². The van der Waals surface area contributed by atoms with Crippen LogP contribution in [0.15, 0.2) is 18.3 Å². The number of aromatic nitrogens is 1. The molecule has 2 rings (SSSR count). The van der Waals surface area contributed by atoms with E-state index >= 15 is 0 Å². The molecule has 1 aliphatic carbocycles. The van der Waals surface area contributed by atoms with E-state index in [0.29, 0.717) is 18.5 Å². The molecule has 6 heteroatoms. The fourth-order valence-electron chi connectivity index (χ4n) is 2.46. The average Bonchev–Trinajstić information content (AvgIpc) is 2.38. The maximum absolute atomic E-state index is 12.2. The topological polar surface area (TPSA) is 79.3 Å². The highest BCUT2D eigenvalue weighted by molar-refractivity contribution is 6.29. The number of halogens is 1. The first-order valence-corrected chi connectivity index (χ1v) is 6.61. The highest BCUT2D eigenvalue weighted by Gasteiger charge is 2.35. The molecule has 1 saturated carbocycles. The minimum Gasteiger partial charge on any atom is -0.481 e. The molecule has 0 aromatic carbocycles. The van der Waals surface area contributed by atoms with Crippen LogP contribution in [0.3, 0.4) is 0 Å². The van der Waals surface area contributed by atoms with Crippen LogP contribution in [-0.4, -0.2) is 22.0 Å². The molecule has 0 radical (unpaired) electrons. The van der Waals surface area contributed by atoms with Gasteiger partial charge in [-0.05, 0) is 25.0 Å². The summed E-state index contributed by atoms with van der Waals surface area (Å²) in [4.78, 5) is 27.1. The highest BCUT2D eigenvalue weighted by atomic mass is 35.5. The van der Waals surface area contributed by atoms with Crippen molar-refractivity contribution in [1.29, 1.82) is 0 Å². The summed E-state index contributed by atoms with van der Waals surface area (Å²) >= 11 is 5.74. The molecular formula is C13H15ClN2O3. The highest BCUT2D eigenvalue weighted by Crippen LogP contribution is 2.31. The summed E-state index contributed by atoms with van der Waals surface area (Å²) in [5.41, 5.74) is 0.541. The van der Waals surface area contributed by atoms with Gasteiger partial charge in [-0.25, -0.2) is 4.98 Å². The van der Waals surface area contributed by atoms with Gasteiger partial charge in [-0.1, -0.05) is 24.4 Å². The van der Waals surface area contributed by atoms with Gasteiger partial charge in [-0.2, -0.15) is 0 Å². The van der Waals surface area contributed by atoms with Crippen molar-refractivity contribution in [3.05, 3.63) is 23.5 Å². The van der Waals surface area contributed by atoms with Gasteiger partial charge in [-0.3, -0.25) is 9.59 Å². The molecule has 0 aliphatic heterocycles. The Kier molecular flexibility index (Phi) is 4.37. The minimum absolute atomic E-state index is 0.255. The van der Waals surface area contributed by atoms with E-state index in [2.05, 4.69) is 10.3 Å². The van der Waals surface area contributed by atoms with Crippen LogP contribution in [0, 0.1) is 11.8 Å². The number of carboxylic acids is 1. The average molecular weight is 283 g/mol. The van der Waals surface area contributed by atoms with Crippen LogP contribution >= 0.6 is 11.6 Å². The molecule has 1 heterocycles. The molecule has 5 nitrogen and oxygen atoms in total. The number of amides is 1. The fourth-order valence-corrected chi connectivity index (χ4v) is 2.63. The summed E-state index contributed by atoms with van der Waals surface area (Å²) < 4.78 is 0. The molecule has 2 atom stereocenters. The largest absolute Gasteiger partial charge is 0.481 e. The van der Waals surface area contributed by atoms with Gasteiger partial charge in [0.2, 0.25) is 5.91 Å². The molecule has 1 aromatic heterocycles. The SMILES string of the molecule is O=C(O)C1CCCCC1C(=O)Nc1ccnc(Cl)c1. The van der Waals surface area contributed by atoms with E-state index in [9.17, 15) is 9.59 Å². The minimum atomic E-state index is -0.896. The third-order valence-electron chi connectivity index (χ3n) is 3.41. The van der Waals surface area contributed by atoms with E-state index in [1.54, 1.807) is 6.07 Å². The molecule has 2 unspecified atom stereocenters. The first-order valence-electron chi connectivity index (χ1n) is 6.23. The van der Waals surface area contributed by atoms with E-state index in [0.717, 1.165) is 12.8 Å². The number of nitrogens with zero attached hydrogens (tertiary/aromatic N) is 1. The smallest absolute Gasteiger partial charge is 0.307 e. The van der Waals surface area contributed by atoms with E-state index in [1.165, 1.54) is 12.3 Å². The Balaban J connectivity index is 2.07. The van der Waals surface area contributed by atoms with Crippen LogP contribution < -0.4 is 5.32 Å². The number of anilines is 1. The Morgan fingerprint density at radius 1 is 1.32 bits per heavy atom. The lowest BCUT2D eigenvalue weighted by molar-refractivity contribution is -0.147. The van der Waals surface area contributed by atoms with Gasteiger partial charge >= 0.3 is 5.97 Å². The summed E-state index contributed by atoms with van der Waals surface area (Å²) in [7, 11) is 0. The standard InChI is InChI=1S/C13H15ClN2O3/c14-11-7-8(5-6-15-11)16-12(17)9-3-1-2-4-10(9)13(18)19/h5-7,9-10H,1-4H2,(H,18,19)(H,15,16,17). The number of hydrogen-bond acceptors (Lipinski definition) is 3. The summed E-state index contributed by atoms with van der Waals surface area (Å²) in [5.74, 6) is -2.22. The quantitative estimate of drug-likeness (QED) is 0.835. The van der Waals surface area contributed by atoms with Gasteiger partial charge in [0.1, 0.15) is 5.15 Å². The Morgan fingerprint density at radius 3 is 2.63 bits per heavy atom. The first-order chi connectivity index (χ1) is 9.08. The zero-order valence-electron chi connectivity index (χ0n) is 10.3. The monoisotopic (exact) mass is 282 g/mol. The van der Waals surface area contributed by atoms with Crippen molar-refractivity contribution >= 4 is 29.2 Å². The second-order valence-electron chi connectivity index (χ2n) is 4.69. The van der Waals surface area contributed by atoms with Crippen molar-refractivity contribution in [2.45, 2.75) is 25.7 Å². The number of pyridine rings is 1. The van der Waals surface area contributed by atoms with Gasteiger partial charge in [0.15, 0.2) is 0 Å². The van der Waals surface area contributed by atoms with Crippen LogP contribution in [0.25, 0.3) is 0 Å². The third-order valence-corrected chi connectivity index (χ3v) is 3.62. The number of nitrogens with one attached hydrogen (secondary N) is 1. The predicted octanol–water partition coefficient (Wildman–Crippen LogP) is 2.56. The second kappa shape index (κ2) is 6.02. The first kappa shape index (κ1) is 13.8.